The SMILES string of the molecule is CCn1cnnc1CNC(=O)C1(C#N)CC1. The van der Waals surface area contributed by atoms with Crippen LogP contribution in [0, 0.1) is 16.7 Å². The predicted molar refractivity (Wildman–Crippen MR) is 54.8 cm³/mol. The van der Waals surface area contributed by atoms with Gasteiger partial charge < -0.3 is 9.88 Å². The van der Waals surface area contributed by atoms with Crippen LogP contribution in [-0.2, 0) is 17.9 Å². The first-order chi connectivity index (χ1) is 7.72. The van der Waals surface area contributed by atoms with Crippen molar-refractivity contribution in [2.75, 3.05) is 0 Å². The molecule has 84 valence electrons. The molecule has 0 aromatic carbocycles. The highest BCUT2D eigenvalue weighted by atomic mass is 16.2. The van der Waals surface area contributed by atoms with E-state index in [4.69, 9.17) is 5.26 Å². The number of amides is 1. The summed E-state index contributed by atoms with van der Waals surface area (Å²) < 4.78 is 1.85. The summed E-state index contributed by atoms with van der Waals surface area (Å²) in [5, 5.41) is 19.2. The minimum absolute atomic E-state index is 0.194. The molecule has 1 aliphatic rings. The van der Waals surface area contributed by atoms with Crippen molar-refractivity contribution in [1.82, 2.24) is 20.1 Å². The maximum Gasteiger partial charge on any atom is 0.240 e. The molecule has 1 aromatic rings. The number of carbonyl (C=O) groups excluding carboxylic acids is 1. The monoisotopic (exact) mass is 219 g/mol. The van der Waals surface area contributed by atoms with Gasteiger partial charge in [0.25, 0.3) is 0 Å². The first-order valence-electron chi connectivity index (χ1n) is 5.28. The number of rotatable bonds is 4. The number of nitriles is 1. The van der Waals surface area contributed by atoms with Gasteiger partial charge in [-0.25, -0.2) is 0 Å². The lowest BCUT2D eigenvalue weighted by Crippen LogP contribution is -2.31. The van der Waals surface area contributed by atoms with Crippen LogP contribution in [-0.4, -0.2) is 20.7 Å². The van der Waals surface area contributed by atoms with Crippen LogP contribution in [0.1, 0.15) is 25.6 Å². The van der Waals surface area contributed by atoms with Crippen molar-refractivity contribution in [3.05, 3.63) is 12.2 Å². The zero-order valence-electron chi connectivity index (χ0n) is 9.10. The molecule has 1 fully saturated rings. The molecule has 0 atom stereocenters. The Bertz CT molecular complexity index is 440. The number of hydrogen-bond donors (Lipinski definition) is 1. The summed E-state index contributed by atoms with van der Waals surface area (Å²) in [5.74, 6) is 0.519. The van der Waals surface area contributed by atoms with E-state index in [9.17, 15) is 4.79 Å². The van der Waals surface area contributed by atoms with Gasteiger partial charge in [-0.3, -0.25) is 4.79 Å². The van der Waals surface area contributed by atoms with Crippen molar-refractivity contribution in [1.29, 1.82) is 5.26 Å². The molecule has 1 heterocycles. The van der Waals surface area contributed by atoms with Gasteiger partial charge in [-0.1, -0.05) is 0 Å². The van der Waals surface area contributed by atoms with E-state index >= 15 is 0 Å². The third kappa shape index (κ3) is 1.76. The van der Waals surface area contributed by atoms with Gasteiger partial charge in [-0.15, -0.1) is 10.2 Å². The highest BCUT2D eigenvalue weighted by Crippen LogP contribution is 2.44. The molecule has 0 saturated heterocycles. The lowest BCUT2D eigenvalue weighted by atomic mass is 10.1. The highest BCUT2D eigenvalue weighted by Gasteiger charge is 2.50. The Morgan fingerprint density at radius 1 is 1.75 bits per heavy atom. The van der Waals surface area contributed by atoms with Crippen LogP contribution in [0.5, 0.6) is 0 Å². The predicted octanol–water partition coefficient (Wildman–Crippen LogP) is 0.218. The van der Waals surface area contributed by atoms with E-state index in [0.29, 0.717) is 25.2 Å². The minimum Gasteiger partial charge on any atom is -0.347 e. The fraction of sp³-hybridized carbons (Fsp3) is 0.600. The lowest BCUT2D eigenvalue weighted by Gasteiger charge is -2.08. The van der Waals surface area contributed by atoms with Crippen molar-refractivity contribution in [2.45, 2.75) is 32.9 Å². The summed E-state index contributed by atoms with van der Waals surface area (Å²) in [5.41, 5.74) is -0.767. The van der Waals surface area contributed by atoms with Crippen molar-refractivity contribution < 1.29 is 4.79 Å². The number of aryl methyl sites for hydroxylation is 1. The van der Waals surface area contributed by atoms with Crippen molar-refractivity contribution in [3.8, 4) is 6.07 Å². The summed E-state index contributed by atoms with van der Waals surface area (Å²) >= 11 is 0. The van der Waals surface area contributed by atoms with Gasteiger partial charge in [0.1, 0.15) is 11.7 Å². The zero-order valence-corrected chi connectivity index (χ0v) is 9.10. The van der Waals surface area contributed by atoms with Crippen molar-refractivity contribution in [3.63, 3.8) is 0 Å². The largest absolute Gasteiger partial charge is 0.347 e. The first kappa shape index (κ1) is 10.6. The Morgan fingerprint density at radius 3 is 3.06 bits per heavy atom. The van der Waals surface area contributed by atoms with Gasteiger partial charge in [-0.05, 0) is 19.8 Å². The second-order valence-corrected chi connectivity index (χ2v) is 3.91. The Labute approximate surface area is 93.3 Å². The van der Waals surface area contributed by atoms with E-state index in [1.54, 1.807) is 6.33 Å². The molecule has 6 nitrogen and oxygen atoms in total. The molecule has 6 heteroatoms. The lowest BCUT2D eigenvalue weighted by molar-refractivity contribution is -0.124. The molecule has 0 aliphatic heterocycles. The molecule has 1 amide bonds. The molecule has 1 aromatic heterocycles. The van der Waals surface area contributed by atoms with Gasteiger partial charge in [0.2, 0.25) is 5.91 Å². The first-order valence-corrected chi connectivity index (χ1v) is 5.28. The van der Waals surface area contributed by atoms with Crippen LogP contribution in [0.2, 0.25) is 0 Å². The van der Waals surface area contributed by atoms with Gasteiger partial charge >= 0.3 is 0 Å². The van der Waals surface area contributed by atoms with Gasteiger partial charge in [0.05, 0.1) is 12.6 Å². The third-order valence-corrected chi connectivity index (χ3v) is 2.84. The average molecular weight is 219 g/mol. The average Bonchev–Trinajstić information content (AvgIpc) is 2.98. The van der Waals surface area contributed by atoms with Gasteiger partial charge in [0.15, 0.2) is 5.82 Å². The molecule has 1 aliphatic carbocycles. The number of aromatic nitrogens is 3. The van der Waals surface area contributed by atoms with Crippen LogP contribution in [0.3, 0.4) is 0 Å². The molecule has 1 saturated carbocycles. The summed E-state index contributed by atoms with van der Waals surface area (Å²) in [4.78, 5) is 11.7. The minimum atomic E-state index is -0.767. The molecule has 16 heavy (non-hydrogen) atoms. The third-order valence-electron chi connectivity index (χ3n) is 2.84. The van der Waals surface area contributed by atoms with Crippen LogP contribution in [0.15, 0.2) is 6.33 Å². The molecular weight excluding hydrogens is 206 g/mol. The summed E-state index contributed by atoms with van der Waals surface area (Å²) in [6, 6.07) is 2.06. The zero-order chi connectivity index (χ0) is 11.6. The maximum atomic E-state index is 11.7. The molecular formula is C10H13N5O. The van der Waals surface area contributed by atoms with Crippen LogP contribution >= 0.6 is 0 Å². The van der Waals surface area contributed by atoms with E-state index in [2.05, 4.69) is 21.6 Å². The van der Waals surface area contributed by atoms with E-state index < -0.39 is 5.41 Å². The number of carbonyl (C=O) groups is 1. The van der Waals surface area contributed by atoms with Gasteiger partial charge in [-0.2, -0.15) is 5.26 Å². The standard InChI is InChI=1S/C10H13N5O/c1-2-15-7-13-14-8(15)5-12-9(16)10(6-11)3-4-10/h7H,2-5H2,1H3,(H,12,16). The molecule has 0 bridgehead atoms. The quantitative estimate of drug-likeness (QED) is 0.785. The molecule has 0 radical (unpaired) electrons. The Kier molecular flexibility index (Phi) is 2.60. The molecule has 0 unspecified atom stereocenters. The number of nitrogens with one attached hydrogen (secondary N) is 1. The summed E-state index contributed by atoms with van der Waals surface area (Å²) in [6.45, 7) is 3.07. The number of nitrogens with zero attached hydrogens (tertiary/aromatic N) is 4. The number of hydrogen-bond acceptors (Lipinski definition) is 4. The molecule has 1 N–H and O–H groups in total. The van der Waals surface area contributed by atoms with E-state index in [1.807, 2.05) is 11.5 Å². The second kappa shape index (κ2) is 3.93. The van der Waals surface area contributed by atoms with Crippen LogP contribution in [0.4, 0.5) is 0 Å². The Morgan fingerprint density at radius 2 is 2.50 bits per heavy atom. The van der Waals surface area contributed by atoms with Crippen molar-refractivity contribution in [2.24, 2.45) is 5.41 Å². The smallest absolute Gasteiger partial charge is 0.240 e. The Balaban J connectivity index is 1.93. The fourth-order valence-electron chi connectivity index (χ4n) is 1.52. The summed E-state index contributed by atoms with van der Waals surface area (Å²) in [7, 11) is 0. The maximum absolute atomic E-state index is 11.7. The van der Waals surface area contributed by atoms with Gasteiger partial charge in [0, 0.05) is 6.54 Å². The fourth-order valence-corrected chi connectivity index (χ4v) is 1.52. The van der Waals surface area contributed by atoms with Crippen molar-refractivity contribution >= 4 is 5.91 Å². The second-order valence-electron chi connectivity index (χ2n) is 3.91. The van der Waals surface area contributed by atoms with E-state index in [1.165, 1.54) is 0 Å². The summed E-state index contributed by atoms with van der Waals surface area (Å²) in [6.07, 6.45) is 2.95. The topological polar surface area (TPSA) is 83.6 Å². The Hall–Kier alpha value is -1.90. The molecule has 0 spiro atoms. The van der Waals surface area contributed by atoms with E-state index in [-0.39, 0.29) is 5.91 Å². The van der Waals surface area contributed by atoms with E-state index in [0.717, 1.165) is 6.54 Å². The highest BCUT2D eigenvalue weighted by molar-refractivity contribution is 5.88. The van der Waals surface area contributed by atoms with Crippen LogP contribution < -0.4 is 5.32 Å². The van der Waals surface area contributed by atoms with Crippen LogP contribution in [0.25, 0.3) is 0 Å². The molecule has 2 rings (SSSR count). The normalized spacial score (nSPS) is 16.5.